The average Bonchev–Trinajstić information content (AvgIpc) is 2.49. The molecule has 1 rings (SSSR count). The summed E-state index contributed by atoms with van der Waals surface area (Å²) < 4.78 is 1.69. The molecule has 0 aliphatic carbocycles. The van der Waals surface area contributed by atoms with E-state index in [0.29, 0.717) is 12.6 Å². The molecule has 0 spiro atoms. The Morgan fingerprint density at radius 2 is 2.29 bits per heavy atom. The van der Waals surface area contributed by atoms with E-state index in [-0.39, 0.29) is 0 Å². The minimum absolute atomic E-state index is 0.373. The molecular formula is C10H19N3O. The predicted molar refractivity (Wildman–Crippen MR) is 55.9 cm³/mol. The molecule has 1 aromatic heterocycles. The third-order valence-electron chi connectivity index (χ3n) is 2.18. The summed E-state index contributed by atoms with van der Waals surface area (Å²) in [5.41, 5.74) is -0.00780. The summed E-state index contributed by atoms with van der Waals surface area (Å²) in [6.45, 7) is 6.44. The van der Waals surface area contributed by atoms with Crippen molar-refractivity contribution >= 4 is 0 Å². The molecule has 1 atom stereocenters. The van der Waals surface area contributed by atoms with E-state index in [2.05, 4.69) is 24.3 Å². The molecule has 0 saturated carbocycles. The normalized spacial score (nSPS) is 15.9. The van der Waals surface area contributed by atoms with Gasteiger partial charge >= 0.3 is 0 Å². The Balaban J connectivity index is 2.65. The van der Waals surface area contributed by atoms with Crippen molar-refractivity contribution in [3.05, 3.63) is 18.0 Å². The van der Waals surface area contributed by atoms with Gasteiger partial charge in [0.15, 0.2) is 0 Å². The highest BCUT2D eigenvalue weighted by atomic mass is 16.3. The van der Waals surface area contributed by atoms with Crippen LogP contribution in [-0.2, 0) is 12.6 Å². The first-order chi connectivity index (χ1) is 6.42. The Bertz CT molecular complexity index is 291. The summed E-state index contributed by atoms with van der Waals surface area (Å²) >= 11 is 0. The van der Waals surface area contributed by atoms with Crippen molar-refractivity contribution in [3.63, 3.8) is 0 Å². The molecule has 4 nitrogen and oxygen atoms in total. The van der Waals surface area contributed by atoms with Crippen LogP contribution < -0.4 is 5.32 Å². The molecule has 80 valence electrons. The highest BCUT2D eigenvalue weighted by molar-refractivity contribution is 5.14. The van der Waals surface area contributed by atoms with Crippen molar-refractivity contribution < 1.29 is 5.11 Å². The van der Waals surface area contributed by atoms with Crippen LogP contribution in [0.1, 0.15) is 26.3 Å². The van der Waals surface area contributed by atoms with Crippen molar-refractivity contribution in [1.82, 2.24) is 15.1 Å². The molecule has 0 saturated heterocycles. The largest absolute Gasteiger partial charge is 0.384 e. The van der Waals surface area contributed by atoms with Gasteiger partial charge in [0, 0.05) is 31.4 Å². The lowest BCUT2D eigenvalue weighted by atomic mass is 9.99. The van der Waals surface area contributed by atoms with E-state index < -0.39 is 5.60 Å². The summed E-state index contributed by atoms with van der Waals surface area (Å²) in [5.74, 6) is 0. The van der Waals surface area contributed by atoms with Crippen LogP contribution in [0.3, 0.4) is 0 Å². The van der Waals surface area contributed by atoms with E-state index in [1.165, 1.54) is 0 Å². The molecule has 4 heteroatoms. The first kappa shape index (κ1) is 11.2. The molecule has 1 unspecified atom stereocenters. The van der Waals surface area contributed by atoms with Gasteiger partial charge in [0.25, 0.3) is 0 Å². The van der Waals surface area contributed by atoms with Crippen LogP contribution >= 0.6 is 0 Å². The van der Waals surface area contributed by atoms with Gasteiger partial charge in [-0.1, -0.05) is 13.8 Å². The smallest absolute Gasteiger partial charge is 0.102 e. The van der Waals surface area contributed by atoms with Crippen LogP contribution in [0, 0.1) is 0 Å². The number of nitrogens with one attached hydrogen (secondary N) is 1. The van der Waals surface area contributed by atoms with E-state index in [0.717, 1.165) is 5.56 Å². The van der Waals surface area contributed by atoms with E-state index in [1.54, 1.807) is 17.8 Å². The molecule has 1 aromatic rings. The highest BCUT2D eigenvalue weighted by Crippen LogP contribution is 2.18. The van der Waals surface area contributed by atoms with Crippen LogP contribution in [-0.4, -0.2) is 27.5 Å². The fourth-order valence-electron chi connectivity index (χ4n) is 1.20. The van der Waals surface area contributed by atoms with E-state index >= 15 is 0 Å². The summed E-state index contributed by atoms with van der Waals surface area (Å²) in [7, 11) is 1.84. The van der Waals surface area contributed by atoms with Crippen LogP contribution in [0.25, 0.3) is 0 Å². The number of hydrogen-bond acceptors (Lipinski definition) is 3. The lowest BCUT2D eigenvalue weighted by Gasteiger charge is -2.23. The van der Waals surface area contributed by atoms with Crippen molar-refractivity contribution in [2.24, 2.45) is 7.05 Å². The fourth-order valence-corrected chi connectivity index (χ4v) is 1.20. The maximum Gasteiger partial charge on any atom is 0.102 e. The maximum atomic E-state index is 10.1. The standard InChI is InChI=1S/C10H19N3O/c1-8(2)11-7-10(3,14)9-5-12-13(4)6-9/h5-6,8,11,14H,7H2,1-4H3. The number of nitrogens with zero attached hydrogens (tertiary/aromatic N) is 2. The molecule has 14 heavy (non-hydrogen) atoms. The Labute approximate surface area is 84.9 Å². The van der Waals surface area contributed by atoms with Gasteiger partial charge in [-0.3, -0.25) is 4.68 Å². The number of aromatic nitrogens is 2. The second-order valence-corrected chi connectivity index (χ2v) is 4.21. The van der Waals surface area contributed by atoms with Gasteiger partial charge in [-0.05, 0) is 6.92 Å². The minimum Gasteiger partial charge on any atom is -0.384 e. The summed E-state index contributed by atoms with van der Waals surface area (Å²) in [4.78, 5) is 0. The van der Waals surface area contributed by atoms with Crippen molar-refractivity contribution in [1.29, 1.82) is 0 Å². The Morgan fingerprint density at radius 1 is 1.64 bits per heavy atom. The lowest BCUT2D eigenvalue weighted by Crippen LogP contribution is -2.38. The number of rotatable bonds is 4. The second-order valence-electron chi connectivity index (χ2n) is 4.21. The summed E-state index contributed by atoms with van der Waals surface area (Å²) in [5, 5.41) is 17.4. The summed E-state index contributed by atoms with van der Waals surface area (Å²) in [6, 6.07) is 0.373. The van der Waals surface area contributed by atoms with Gasteiger partial charge in [0.2, 0.25) is 0 Å². The molecule has 0 aliphatic heterocycles. The maximum absolute atomic E-state index is 10.1. The van der Waals surface area contributed by atoms with Gasteiger partial charge in [0.05, 0.1) is 6.20 Å². The quantitative estimate of drug-likeness (QED) is 0.744. The zero-order valence-corrected chi connectivity index (χ0v) is 9.28. The van der Waals surface area contributed by atoms with Gasteiger partial charge < -0.3 is 10.4 Å². The van der Waals surface area contributed by atoms with Crippen LogP contribution in [0.5, 0.6) is 0 Å². The topological polar surface area (TPSA) is 50.1 Å². The molecular weight excluding hydrogens is 178 g/mol. The first-order valence-electron chi connectivity index (χ1n) is 4.87. The molecule has 0 amide bonds. The molecule has 2 N–H and O–H groups in total. The molecule has 0 aromatic carbocycles. The van der Waals surface area contributed by atoms with Crippen LogP contribution in [0.15, 0.2) is 12.4 Å². The fraction of sp³-hybridized carbons (Fsp3) is 0.700. The molecule has 0 radical (unpaired) electrons. The molecule has 0 aliphatic rings. The van der Waals surface area contributed by atoms with Gasteiger partial charge in [-0.15, -0.1) is 0 Å². The average molecular weight is 197 g/mol. The van der Waals surface area contributed by atoms with Gasteiger partial charge in [-0.2, -0.15) is 5.10 Å². The molecule has 1 heterocycles. The van der Waals surface area contributed by atoms with Gasteiger partial charge in [0.1, 0.15) is 5.60 Å². The zero-order chi connectivity index (χ0) is 10.8. The van der Waals surface area contributed by atoms with E-state index in [9.17, 15) is 5.11 Å². The van der Waals surface area contributed by atoms with Crippen molar-refractivity contribution in [2.45, 2.75) is 32.4 Å². The van der Waals surface area contributed by atoms with Crippen LogP contribution in [0.2, 0.25) is 0 Å². The lowest BCUT2D eigenvalue weighted by molar-refractivity contribution is 0.0549. The second kappa shape index (κ2) is 4.11. The van der Waals surface area contributed by atoms with Crippen molar-refractivity contribution in [2.75, 3.05) is 6.54 Å². The number of aryl methyl sites for hydroxylation is 1. The Morgan fingerprint density at radius 3 is 2.71 bits per heavy atom. The summed E-state index contributed by atoms with van der Waals surface area (Å²) in [6.07, 6.45) is 3.53. The van der Waals surface area contributed by atoms with Gasteiger partial charge in [-0.25, -0.2) is 0 Å². The molecule has 0 bridgehead atoms. The van der Waals surface area contributed by atoms with Crippen molar-refractivity contribution in [3.8, 4) is 0 Å². The third kappa shape index (κ3) is 2.82. The minimum atomic E-state index is -0.849. The van der Waals surface area contributed by atoms with Crippen LogP contribution in [0.4, 0.5) is 0 Å². The van der Waals surface area contributed by atoms with E-state index in [4.69, 9.17) is 0 Å². The SMILES string of the molecule is CC(C)NCC(C)(O)c1cnn(C)c1. The Hall–Kier alpha value is -0.870. The third-order valence-corrected chi connectivity index (χ3v) is 2.18. The number of hydrogen-bond donors (Lipinski definition) is 2. The van der Waals surface area contributed by atoms with E-state index in [1.807, 2.05) is 13.2 Å². The monoisotopic (exact) mass is 197 g/mol. The molecule has 0 fully saturated rings. The first-order valence-corrected chi connectivity index (χ1v) is 4.87. The highest BCUT2D eigenvalue weighted by Gasteiger charge is 2.24. The zero-order valence-electron chi connectivity index (χ0n) is 9.28. The Kier molecular flexibility index (Phi) is 3.29. The number of aliphatic hydroxyl groups is 1. The predicted octanol–water partition coefficient (Wildman–Crippen LogP) is 0.626.